The Hall–Kier alpha value is -3.06. The third kappa shape index (κ3) is 3.85. The van der Waals surface area contributed by atoms with Crippen LogP contribution in [0.5, 0.6) is 0 Å². The summed E-state index contributed by atoms with van der Waals surface area (Å²) in [5.41, 5.74) is 4.11. The van der Waals surface area contributed by atoms with Crippen LogP contribution in [-0.4, -0.2) is 20.3 Å². The third-order valence-electron chi connectivity index (χ3n) is 5.65. The normalized spacial score (nSPS) is 13.7. The van der Waals surface area contributed by atoms with Crippen molar-refractivity contribution in [3.8, 4) is 0 Å². The molecule has 31 heavy (non-hydrogen) atoms. The number of hydrogen-bond acceptors (Lipinski definition) is 5. The zero-order valence-corrected chi connectivity index (χ0v) is 18.4. The molecule has 0 amide bonds. The van der Waals surface area contributed by atoms with Crippen molar-refractivity contribution in [2.24, 2.45) is 0 Å². The van der Waals surface area contributed by atoms with Gasteiger partial charge in [0.05, 0.1) is 16.8 Å². The minimum atomic E-state index is -0.394. The van der Waals surface area contributed by atoms with Crippen molar-refractivity contribution in [2.45, 2.75) is 38.7 Å². The Balaban J connectivity index is 1.50. The quantitative estimate of drug-likeness (QED) is 0.317. The first kappa shape index (κ1) is 19.9. The lowest BCUT2D eigenvalue weighted by Crippen LogP contribution is -2.17. The zero-order valence-electron chi connectivity index (χ0n) is 16.8. The Morgan fingerprint density at radius 1 is 1.06 bits per heavy atom. The number of aromatic nitrogens is 3. The Labute approximate surface area is 187 Å². The molecule has 4 aromatic rings. The van der Waals surface area contributed by atoms with Crippen LogP contribution in [0.25, 0.3) is 16.6 Å². The van der Waals surface area contributed by atoms with Gasteiger partial charge in [0.1, 0.15) is 12.3 Å². The second-order valence-electron chi connectivity index (χ2n) is 7.73. The molecule has 5 rings (SSSR count). The summed E-state index contributed by atoms with van der Waals surface area (Å²) in [6.45, 7) is -0.0634. The van der Waals surface area contributed by atoms with Crippen LogP contribution in [0.1, 0.15) is 46.6 Å². The predicted octanol–water partition coefficient (Wildman–Crippen LogP) is 4.63. The first-order valence-electron chi connectivity index (χ1n) is 10.4. The number of halogens is 1. The number of carbonyl (C=O) groups excluding carboxylic acids is 1. The van der Waals surface area contributed by atoms with Gasteiger partial charge in [-0.15, -0.1) is 0 Å². The van der Waals surface area contributed by atoms with Crippen molar-refractivity contribution in [3.05, 3.63) is 86.0 Å². The Morgan fingerprint density at radius 2 is 1.90 bits per heavy atom. The van der Waals surface area contributed by atoms with Crippen molar-refractivity contribution in [1.29, 1.82) is 0 Å². The number of carbonyl (C=O) groups is 1. The van der Waals surface area contributed by atoms with Crippen molar-refractivity contribution in [3.63, 3.8) is 0 Å². The van der Waals surface area contributed by atoms with Crippen LogP contribution in [0.4, 0.5) is 0 Å². The summed E-state index contributed by atoms with van der Waals surface area (Å²) in [7, 11) is 0. The number of fused-ring (bicyclic) bond motifs is 3. The molecule has 0 fully saturated rings. The third-order valence-corrected chi connectivity index (χ3v) is 6.12. The average molecular weight is 478 g/mol. The number of benzene rings is 1. The van der Waals surface area contributed by atoms with E-state index in [2.05, 4.69) is 20.9 Å². The van der Waals surface area contributed by atoms with Crippen LogP contribution < -0.4 is 5.56 Å². The van der Waals surface area contributed by atoms with E-state index in [1.54, 1.807) is 12.3 Å². The van der Waals surface area contributed by atoms with Crippen LogP contribution in [0.3, 0.4) is 0 Å². The fourth-order valence-electron chi connectivity index (χ4n) is 4.19. The summed E-state index contributed by atoms with van der Waals surface area (Å²) in [4.78, 5) is 34.9. The number of ether oxygens (including phenoxy) is 1. The Kier molecular flexibility index (Phi) is 5.28. The highest BCUT2D eigenvalue weighted by Crippen LogP contribution is 2.29. The summed E-state index contributed by atoms with van der Waals surface area (Å²) in [6.07, 6.45) is 6.60. The molecule has 0 spiro atoms. The van der Waals surface area contributed by atoms with Gasteiger partial charge in [0.2, 0.25) is 0 Å². The molecule has 1 aliphatic carbocycles. The first-order valence-corrected chi connectivity index (χ1v) is 11.1. The molecule has 156 valence electrons. The zero-order chi connectivity index (χ0) is 21.4. The topological polar surface area (TPSA) is 73.6 Å². The van der Waals surface area contributed by atoms with E-state index in [0.29, 0.717) is 16.9 Å². The van der Waals surface area contributed by atoms with Crippen molar-refractivity contribution >= 4 is 38.4 Å². The summed E-state index contributed by atoms with van der Waals surface area (Å²) in [5.74, 6) is -0.394. The van der Waals surface area contributed by atoms with Gasteiger partial charge in [-0.3, -0.25) is 14.2 Å². The van der Waals surface area contributed by atoms with Gasteiger partial charge in [-0.05, 0) is 65.4 Å². The summed E-state index contributed by atoms with van der Waals surface area (Å²) >= 11 is 3.35. The molecule has 0 radical (unpaired) electrons. The van der Waals surface area contributed by atoms with E-state index >= 15 is 0 Å². The number of nitrogens with zero attached hydrogens (tertiary/aromatic N) is 3. The second kappa shape index (κ2) is 8.23. The van der Waals surface area contributed by atoms with E-state index in [0.717, 1.165) is 58.7 Å². The number of esters is 1. The molecule has 0 saturated heterocycles. The van der Waals surface area contributed by atoms with Crippen LogP contribution in [-0.2, 0) is 24.2 Å². The molecule has 0 aliphatic heterocycles. The highest BCUT2D eigenvalue weighted by molar-refractivity contribution is 9.10. The average Bonchev–Trinajstić information content (AvgIpc) is 3.01. The van der Waals surface area contributed by atoms with E-state index < -0.39 is 5.97 Å². The number of para-hydroxylation sites is 1. The monoisotopic (exact) mass is 477 g/mol. The summed E-state index contributed by atoms with van der Waals surface area (Å²) in [6, 6.07) is 12.6. The van der Waals surface area contributed by atoms with Crippen LogP contribution in [0.15, 0.2) is 57.9 Å². The van der Waals surface area contributed by atoms with Crippen LogP contribution >= 0.6 is 15.9 Å². The molecule has 0 saturated carbocycles. The van der Waals surface area contributed by atoms with E-state index in [1.807, 2.05) is 30.3 Å². The SMILES string of the molecule is O=C(OCc1cc(=O)n2cc(Br)ccc2n1)c1c2c(nc3ccccc13)CCCCC2. The standard InChI is InChI=1S/C24H20BrN3O3/c25-15-10-11-21-26-16(12-22(29)28(21)13-15)14-31-24(30)23-17-6-2-1-3-8-19(17)27-20-9-5-4-7-18(20)23/h4-5,7,9-13H,1-3,6,8,14H2. The van der Waals surface area contributed by atoms with Crippen molar-refractivity contribution < 1.29 is 9.53 Å². The molecule has 0 atom stereocenters. The predicted molar refractivity (Wildman–Crippen MR) is 121 cm³/mol. The lowest BCUT2D eigenvalue weighted by atomic mass is 9.97. The van der Waals surface area contributed by atoms with Gasteiger partial charge in [0, 0.05) is 27.8 Å². The summed E-state index contributed by atoms with van der Waals surface area (Å²) in [5, 5.41) is 0.810. The molecule has 0 bridgehead atoms. The maximum Gasteiger partial charge on any atom is 0.339 e. The van der Waals surface area contributed by atoms with Gasteiger partial charge in [-0.2, -0.15) is 0 Å². The van der Waals surface area contributed by atoms with Gasteiger partial charge in [-0.1, -0.05) is 24.6 Å². The molecule has 1 aliphatic rings. The Bertz CT molecular complexity index is 1380. The van der Waals surface area contributed by atoms with Gasteiger partial charge < -0.3 is 4.74 Å². The van der Waals surface area contributed by atoms with Crippen LogP contribution in [0, 0.1) is 0 Å². The second-order valence-corrected chi connectivity index (χ2v) is 8.64. The highest BCUT2D eigenvalue weighted by Gasteiger charge is 2.23. The molecule has 0 N–H and O–H groups in total. The first-order chi connectivity index (χ1) is 15.1. The smallest absolute Gasteiger partial charge is 0.339 e. The molecule has 0 unspecified atom stereocenters. The molecular formula is C24H20BrN3O3. The van der Waals surface area contributed by atoms with Crippen molar-refractivity contribution in [2.75, 3.05) is 0 Å². The molecule has 3 aromatic heterocycles. The Morgan fingerprint density at radius 3 is 2.81 bits per heavy atom. The number of pyridine rings is 2. The fraction of sp³-hybridized carbons (Fsp3) is 0.250. The minimum absolute atomic E-state index is 0.0634. The van der Waals surface area contributed by atoms with Crippen LogP contribution in [0.2, 0.25) is 0 Å². The van der Waals surface area contributed by atoms with E-state index in [1.165, 1.54) is 10.5 Å². The largest absolute Gasteiger partial charge is 0.456 e. The number of rotatable bonds is 3. The van der Waals surface area contributed by atoms with Gasteiger partial charge in [0.25, 0.3) is 5.56 Å². The number of hydrogen-bond donors (Lipinski definition) is 0. The summed E-state index contributed by atoms with van der Waals surface area (Å²) < 4.78 is 7.91. The molecule has 3 heterocycles. The molecule has 7 heteroatoms. The maximum absolute atomic E-state index is 13.2. The van der Waals surface area contributed by atoms with E-state index in [-0.39, 0.29) is 12.2 Å². The van der Waals surface area contributed by atoms with Gasteiger partial charge in [0.15, 0.2) is 0 Å². The van der Waals surface area contributed by atoms with Gasteiger partial charge >= 0.3 is 5.97 Å². The van der Waals surface area contributed by atoms with Gasteiger partial charge in [-0.25, -0.2) is 9.78 Å². The fourth-order valence-corrected chi connectivity index (χ4v) is 4.53. The minimum Gasteiger partial charge on any atom is -0.456 e. The van der Waals surface area contributed by atoms with E-state index in [4.69, 9.17) is 9.72 Å². The molecular weight excluding hydrogens is 458 g/mol. The lowest BCUT2D eigenvalue weighted by molar-refractivity contribution is 0.0468. The van der Waals surface area contributed by atoms with Crippen molar-refractivity contribution in [1.82, 2.24) is 14.4 Å². The lowest BCUT2D eigenvalue weighted by Gasteiger charge is -2.15. The van der Waals surface area contributed by atoms with E-state index in [9.17, 15) is 9.59 Å². The number of aryl methyl sites for hydroxylation is 1. The molecule has 1 aromatic carbocycles. The molecule has 6 nitrogen and oxygen atoms in total. The maximum atomic E-state index is 13.2. The highest BCUT2D eigenvalue weighted by atomic mass is 79.9.